The first-order chi connectivity index (χ1) is 8.20. The summed E-state index contributed by atoms with van der Waals surface area (Å²) in [5, 5.41) is 12.2. The Morgan fingerprint density at radius 2 is 2.18 bits per heavy atom. The van der Waals surface area contributed by atoms with Gasteiger partial charge in [-0.25, -0.2) is 4.98 Å². The molecule has 0 saturated carbocycles. The number of rotatable bonds is 3. The molecule has 2 aromatic rings. The molecule has 0 aliphatic rings. The maximum atomic E-state index is 8.98. The Balaban J connectivity index is 2.19. The van der Waals surface area contributed by atoms with Gasteiger partial charge in [0.15, 0.2) is 0 Å². The van der Waals surface area contributed by atoms with Crippen molar-refractivity contribution in [1.29, 1.82) is 5.26 Å². The predicted molar refractivity (Wildman–Crippen MR) is 64.4 cm³/mol. The lowest BCUT2D eigenvalue weighted by atomic mass is 10.2. The Morgan fingerprint density at radius 3 is 2.82 bits per heavy atom. The normalized spacial score (nSPS) is 11.8. The van der Waals surface area contributed by atoms with E-state index in [0.717, 1.165) is 11.4 Å². The molecule has 4 heteroatoms. The van der Waals surface area contributed by atoms with Crippen LogP contribution in [0.25, 0.3) is 0 Å². The van der Waals surface area contributed by atoms with Crippen molar-refractivity contribution in [2.24, 2.45) is 0 Å². The van der Waals surface area contributed by atoms with E-state index in [-0.39, 0.29) is 6.04 Å². The van der Waals surface area contributed by atoms with Gasteiger partial charge in [-0.05, 0) is 26.0 Å². The SMILES string of the molecule is Cc1cnc(C(C)Nc2ccccc2C#N)o1. The third kappa shape index (κ3) is 2.45. The van der Waals surface area contributed by atoms with E-state index in [1.807, 2.05) is 32.0 Å². The highest BCUT2D eigenvalue weighted by Gasteiger charge is 2.12. The van der Waals surface area contributed by atoms with E-state index in [0.29, 0.717) is 11.5 Å². The van der Waals surface area contributed by atoms with Crippen LogP contribution in [0.5, 0.6) is 0 Å². The van der Waals surface area contributed by atoms with Crippen molar-refractivity contribution < 1.29 is 4.42 Å². The van der Waals surface area contributed by atoms with Crippen molar-refractivity contribution in [1.82, 2.24) is 4.98 Å². The summed E-state index contributed by atoms with van der Waals surface area (Å²) in [5.74, 6) is 1.40. The summed E-state index contributed by atoms with van der Waals surface area (Å²) in [6, 6.07) is 9.44. The fourth-order valence-electron chi connectivity index (χ4n) is 1.57. The quantitative estimate of drug-likeness (QED) is 0.875. The summed E-state index contributed by atoms with van der Waals surface area (Å²) in [6.45, 7) is 3.80. The molecular weight excluding hydrogens is 214 g/mol. The van der Waals surface area contributed by atoms with Gasteiger partial charge in [0.25, 0.3) is 0 Å². The minimum Gasteiger partial charge on any atom is -0.444 e. The molecular formula is C13H13N3O. The van der Waals surface area contributed by atoms with Crippen LogP contribution in [0.4, 0.5) is 5.69 Å². The van der Waals surface area contributed by atoms with Gasteiger partial charge < -0.3 is 9.73 Å². The van der Waals surface area contributed by atoms with Crippen molar-refractivity contribution in [3.8, 4) is 6.07 Å². The third-order valence-electron chi connectivity index (χ3n) is 2.43. The smallest absolute Gasteiger partial charge is 0.216 e. The standard InChI is InChI=1S/C13H13N3O/c1-9-8-15-13(17-9)10(2)16-12-6-4-3-5-11(12)7-14/h3-6,8,10,16H,1-2H3. The fourth-order valence-corrected chi connectivity index (χ4v) is 1.57. The molecule has 2 rings (SSSR count). The highest BCUT2D eigenvalue weighted by molar-refractivity contribution is 5.57. The average molecular weight is 227 g/mol. The van der Waals surface area contributed by atoms with Crippen LogP contribution in [-0.4, -0.2) is 4.98 Å². The number of benzene rings is 1. The zero-order chi connectivity index (χ0) is 12.3. The first kappa shape index (κ1) is 11.2. The summed E-state index contributed by atoms with van der Waals surface area (Å²) in [7, 11) is 0. The van der Waals surface area contributed by atoms with Gasteiger partial charge in [0.1, 0.15) is 17.9 Å². The molecule has 0 aliphatic carbocycles. The van der Waals surface area contributed by atoms with E-state index in [4.69, 9.17) is 9.68 Å². The lowest BCUT2D eigenvalue weighted by Gasteiger charge is -2.12. The molecule has 0 bridgehead atoms. The number of nitrogens with zero attached hydrogens (tertiary/aromatic N) is 2. The number of para-hydroxylation sites is 1. The Morgan fingerprint density at radius 1 is 1.41 bits per heavy atom. The molecule has 0 spiro atoms. The van der Waals surface area contributed by atoms with Crippen LogP contribution in [0, 0.1) is 18.3 Å². The van der Waals surface area contributed by atoms with Gasteiger partial charge in [0, 0.05) is 0 Å². The second kappa shape index (κ2) is 4.71. The van der Waals surface area contributed by atoms with Crippen LogP contribution < -0.4 is 5.32 Å². The van der Waals surface area contributed by atoms with E-state index in [1.165, 1.54) is 0 Å². The molecule has 1 aromatic heterocycles. The maximum absolute atomic E-state index is 8.98. The molecule has 1 aromatic carbocycles. The number of hydrogen-bond acceptors (Lipinski definition) is 4. The van der Waals surface area contributed by atoms with Crippen LogP contribution in [-0.2, 0) is 0 Å². The van der Waals surface area contributed by atoms with Gasteiger partial charge >= 0.3 is 0 Å². The molecule has 0 amide bonds. The van der Waals surface area contributed by atoms with Gasteiger partial charge in [-0.3, -0.25) is 0 Å². The number of aryl methyl sites for hydroxylation is 1. The molecule has 1 unspecified atom stereocenters. The van der Waals surface area contributed by atoms with Gasteiger partial charge in [-0.2, -0.15) is 5.26 Å². The molecule has 0 saturated heterocycles. The van der Waals surface area contributed by atoms with Crippen molar-refractivity contribution in [2.45, 2.75) is 19.9 Å². The lowest BCUT2D eigenvalue weighted by molar-refractivity contribution is 0.453. The Labute approximate surface area is 99.9 Å². The number of aromatic nitrogens is 1. The Kier molecular flexibility index (Phi) is 3.10. The largest absolute Gasteiger partial charge is 0.444 e. The highest BCUT2D eigenvalue weighted by Crippen LogP contribution is 2.21. The summed E-state index contributed by atoms with van der Waals surface area (Å²) < 4.78 is 5.43. The van der Waals surface area contributed by atoms with Crippen molar-refractivity contribution in [3.05, 3.63) is 47.7 Å². The molecule has 1 heterocycles. The minimum atomic E-state index is -0.0711. The zero-order valence-corrected chi connectivity index (χ0v) is 9.77. The van der Waals surface area contributed by atoms with Crippen molar-refractivity contribution in [3.63, 3.8) is 0 Å². The molecule has 17 heavy (non-hydrogen) atoms. The number of hydrogen-bond donors (Lipinski definition) is 1. The number of nitriles is 1. The highest BCUT2D eigenvalue weighted by atomic mass is 16.4. The second-order valence-corrected chi connectivity index (χ2v) is 3.83. The van der Waals surface area contributed by atoms with Crippen LogP contribution >= 0.6 is 0 Å². The Bertz CT molecular complexity index is 554. The first-order valence-electron chi connectivity index (χ1n) is 5.38. The molecule has 86 valence electrons. The van der Waals surface area contributed by atoms with E-state index >= 15 is 0 Å². The van der Waals surface area contributed by atoms with Crippen molar-refractivity contribution >= 4 is 5.69 Å². The van der Waals surface area contributed by atoms with Gasteiger partial charge in [-0.15, -0.1) is 0 Å². The van der Waals surface area contributed by atoms with E-state index < -0.39 is 0 Å². The molecule has 0 radical (unpaired) electrons. The monoisotopic (exact) mass is 227 g/mol. The van der Waals surface area contributed by atoms with Crippen LogP contribution in [0.2, 0.25) is 0 Å². The molecule has 4 nitrogen and oxygen atoms in total. The Hall–Kier alpha value is -2.28. The van der Waals surface area contributed by atoms with Crippen LogP contribution in [0.15, 0.2) is 34.9 Å². The predicted octanol–water partition coefficient (Wildman–Crippen LogP) is 3.03. The third-order valence-corrected chi connectivity index (χ3v) is 2.43. The van der Waals surface area contributed by atoms with Gasteiger partial charge in [0.05, 0.1) is 17.4 Å². The van der Waals surface area contributed by atoms with Gasteiger partial charge in [-0.1, -0.05) is 12.1 Å². The topological polar surface area (TPSA) is 61.9 Å². The lowest BCUT2D eigenvalue weighted by Crippen LogP contribution is -2.07. The van der Waals surface area contributed by atoms with Crippen molar-refractivity contribution in [2.75, 3.05) is 5.32 Å². The molecule has 0 fully saturated rings. The number of oxazole rings is 1. The minimum absolute atomic E-state index is 0.0711. The summed E-state index contributed by atoms with van der Waals surface area (Å²) in [4.78, 5) is 4.16. The number of nitrogens with one attached hydrogen (secondary N) is 1. The fraction of sp³-hybridized carbons (Fsp3) is 0.231. The number of anilines is 1. The van der Waals surface area contributed by atoms with Crippen LogP contribution in [0.1, 0.15) is 30.2 Å². The van der Waals surface area contributed by atoms with E-state index in [1.54, 1.807) is 12.3 Å². The molecule has 0 aliphatic heterocycles. The summed E-state index contributed by atoms with van der Waals surface area (Å²) in [5.41, 5.74) is 1.40. The first-order valence-corrected chi connectivity index (χ1v) is 5.38. The zero-order valence-electron chi connectivity index (χ0n) is 9.77. The second-order valence-electron chi connectivity index (χ2n) is 3.83. The average Bonchev–Trinajstić information content (AvgIpc) is 2.77. The van der Waals surface area contributed by atoms with Crippen LogP contribution in [0.3, 0.4) is 0 Å². The van der Waals surface area contributed by atoms with Gasteiger partial charge in [0.2, 0.25) is 5.89 Å². The van der Waals surface area contributed by atoms with E-state index in [2.05, 4.69) is 16.4 Å². The molecule has 1 N–H and O–H groups in total. The molecule has 1 atom stereocenters. The van der Waals surface area contributed by atoms with E-state index in [9.17, 15) is 0 Å². The summed E-state index contributed by atoms with van der Waals surface area (Å²) in [6.07, 6.45) is 1.68. The maximum Gasteiger partial charge on any atom is 0.216 e. The summed E-state index contributed by atoms with van der Waals surface area (Å²) >= 11 is 0.